The lowest BCUT2D eigenvalue weighted by Crippen LogP contribution is -2.75. The molecule has 6 saturated carbocycles. The highest BCUT2D eigenvalue weighted by molar-refractivity contribution is 6.01. The van der Waals surface area contributed by atoms with Crippen LogP contribution in [0.3, 0.4) is 0 Å². The molecular weight excluding hydrogens is 987 g/mol. The first-order valence-electron chi connectivity index (χ1n) is 32.0. The van der Waals surface area contributed by atoms with Crippen molar-refractivity contribution in [2.45, 2.75) is 223 Å². The number of rotatable bonds is 11. The minimum atomic E-state index is -0.945. The molecule has 2 aliphatic heterocycles. The number of phenolic OH excluding ortho intramolecular Hbond substituents is 1. The van der Waals surface area contributed by atoms with Gasteiger partial charge in [0.1, 0.15) is 17.6 Å². The van der Waals surface area contributed by atoms with Gasteiger partial charge in [-0.2, -0.15) is 0 Å². The number of aromatic hydroxyl groups is 1. The number of β-amino-alcohol motifs (C(OH)–C–C–N with tert-alkyl or cyclic N) is 1. The molecule has 434 valence electrons. The molecule has 2 heterocycles. The molecule has 0 amide bonds. The van der Waals surface area contributed by atoms with Crippen LogP contribution in [0, 0.1) is 74.9 Å². The predicted molar refractivity (Wildman–Crippen MR) is 309 cm³/mol. The molecule has 1 spiro atoms. The van der Waals surface area contributed by atoms with Crippen LogP contribution < -0.4 is 16.4 Å². The maximum absolute atomic E-state index is 16.3. The first-order chi connectivity index (χ1) is 37.9. The van der Waals surface area contributed by atoms with E-state index in [0.717, 1.165) is 138 Å². The maximum atomic E-state index is 16.3. The summed E-state index contributed by atoms with van der Waals surface area (Å²) in [5, 5.41) is 67.6. The van der Waals surface area contributed by atoms with Gasteiger partial charge in [0.2, 0.25) is 0 Å². The fourth-order valence-electron chi connectivity index (χ4n) is 22.4. The van der Waals surface area contributed by atoms with Crippen molar-refractivity contribution in [3.8, 4) is 5.75 Å². The van der Waals surface area contributed by atoms with Gasteiger partial charge in [-0.25, -0.2) is 0 Å². The number of benzene rings is 2. The second kappa shape index (κ2) is 21.2. The molecule has 11 heteroatoms. The van der Waals surface area contributed by atoms with E-state index in [1.165, 1.54) is 17.6 Å². The summed E-state index contributed by atoms with van der Waals surface area (Å²) >= 11 is 0. The Bertz CT molecular complexity index is 2650. The summed E-state index contributed by atoms with van der Waals surface area (Å²) in [6, 6.07) is 14.0. The molecule has 12 rings (SSSR count). The van der Waals surface area contributed by atoms with Crippen molar-refractivity contribution in [3.63, 3.8) is 0 Å². The monoisotopic (exact) mass is 1090 g/mol. The third-order valence-corrected chi connectivity index (χ3v) is 25.5. The number of carbonyl (C=O) groups excluding carboxylic acids is 2. The van der Waals surface area contributed by atoms with Crippen LogP contribution in [0.5, 0.6) is 5.75 Å². The minimum Gasteiger partial charge on any atom is -0.508 e. The smallest absolute Gasteiger partial charge is 0.160 e. The molecule has 4 bridgehead atoms. The maximum Gasteiger partial charge on any atom is 0.160 e. The number of epoxide rings is 1. The van der Waals surface area contributed by atoms with Gasteiger partial charge < -0.3 is 46.6 Å². The van der Waals surface area contributed by atoms with E-state index in [2.05, 4.69) is 49.6 Å². The van der Waals surface area contributed by atoms with Crippen LogP contribution in [0.4, 0.5) is 5.69 Å². The lowest BCUT2D eigenvalue weighted by molar-refractivity contribution is -0.250. The van der Waals surface area contributed by atoms with Gasteiger partial charge in [-0.15, -0.1) is 0 Å². The summed E-state index contributed by atoms with van der Waals surface area (Å²) in [5.41, 5.74) is 8.81. The van der Waals surface area contributed by atoms with Gasteiger partial charge in [0, 0.05) is 61.2 Å². The van der Waals surface area contributed by atoms with Crippen molar-refractivity contribution in [2.75, 3.05) is 32.5 Å². The summed E-state index contributed by atoms with van der Waals surface area (Å²) in [7, 11) is 1.92. The third-order valence-electron chi connectivity index (χ3n) is 25.5. The van der Waals surface area contributed by atoms with E-state index in [4.69, 9.17) is 10.5 Å². The van der Waals surface area contributed by atoms with Gasteiger partial charge in [0.15, 0.2) is 5.78 Å². The van der Waals surface area contributed by atoms with Crippen LogP contribution in [-0.4, -0.2) is 93.4 Å². The molecule has 10 aliphatic rings. The lowest BCUT2D eigenvalue weighted by atomic mass is 9.29. The first kappa shape index (κ1) is 56.3. The zero-order valence-corrected chi connectivity index (χ0v) is 48.8. The number of aliphatic hydroxyl groups excluding tert-OH is 3. The average molecular weight is 1090 g/mol. The van der Waals surface area contributed by atoms with E-state index in [9.17, 15) is 25.5 Å². The molecule has 79 heavy (non-hydrogen) atoms. The molecule has 8 aliphatic carbocycles. The molecule has 11 nitrogen and oxygen atoms in total. The number of Topliss-reactive ketones (excluding diaryl/α,β-unsaturated/α-hetero) is 2. The Morgan fingerprint density at radius 1 is 0.848 bits per heavy atom. The normalized spacial score (nSPS) is 44.8. The van der Waals surface area contributed by atoms with Gasteiger partial charge in [0.25, 0.3) is 0 Å². The molecule has 2 aromatic rings. The van der Waals surface area contributed by atoms with E-state index in [1.807, 2.05) is 38.2 Å². The number of nitrogens with two attached hydrogens (primary N) is 1. The summed E-state index contributed by atoms with van der Waals surface area (Å²) in [6.45, 7) is 10.1. The molecule has 0 radical (unpaired) electrons. The van der Waals surface area contributed by atoms with Crippen LogP contribution in [0.2, 0.25) is 0 Å². The molecule has 0 aromatic heterocycles. The Balaban J connectivity index is 1.02. The van der Waals surface area contributed by atoms with Gasteiger partial charge in [0.05, 0.1) is 17.3 Å². The number of nitrogens with one attached hydrogen (secondary N) is 2. The zero-order valence-electron chi connectivity index (χ0n) is 48.8. The van der Waals surface area contributed by atoms with Crippen LogP contribution in [-0.2, 0) is 20.9 Å². The fourth-order valence-corrected chi connectivity index (χ4v) is 22.4. The summed E-state index contributed by atoms with van der Waals surface area (Å²) in [4.78, 5) is 32.4. The molecule has 8 fully saturated rings. The van der Waals surface area contributed by atoms with E-state index in [0.29, 0.717) is 56.4 Å². The van der Waals surface area contributed by atoms with Gasteiger partial charge >= 0.3 is 0 Å². The molecule has 2 aromatic carbocycles. The number of hydrogen-bond donors (Lipinski definition) is 8. The number of ether oxygens (including phenoxy) is 1. The Labute approximate surface area is 472 Å². The van der Waals surface area contributed by atoms with E-state index < -0.39 is 39.5 Å². The standard InChI is InChI=1S/C68H99N3O8/c1-63(78)25-9-10-26-64(2)60-55(71-39-63)34-68-46(38-73)22-21-42-20-19-40(37-72)29-50(42)51(32-56(75)62-66(4,79-62)53-18-12-17-49(53)43-13-11-16-47(69)30-43)59-54(65(68,3)35-57(59)76)23-24-58(68)67(60,45-14-7-6-8-15-45)33-52(61(64)77)44-27-41(36-70-5)28-48(74)31-44/h11,13,16,27-28,30-31,40,42,45-46,49-53,55-56,58,60,62,70-75,78H,6-10,12,14-15,17-26,29,32-39,69H2,1-5H3. The summed E-state index contributed by atoms with van der Waals surface area (Å²) in [6.07, 6.45) is 19.1. The van der Waals surface area contributed by atoms with Crippen LogP contribution >= 0.6 is 0 Å². The van der Waals surface area contributed by atoms with Crippen molar-refractivity contribution in [1.29, 1.82) is 0 Å². The number of fused-ring (bicyclic) bond motifs is 2. The fraction of sp³-hybridized carbons (Fsp3) is 0.765. The highest BCUT2D eigenvalue weighted by atomic mass is 16.6. The van der Waals surface area contributed by atoms with E-state index >= 15 is 9.59 Å². The van der Waals surface area contributed by atoms with Crippen LogP contribution in [0.15, 0.2) is 53.6 Å². The van der Waals surface area contributed by atoms with Gasteiger partial charge in [-0.05, 0) is 240 Å². The molecule has 2 saturated heterocycles. The van der Waals surface area contributed by atoms with Crippen LogP contribution in [0.25, 0.3) is 0 Å². The SMILES string of the molecule is CNCc1cc(O)cc(C2CC3(C4CCCCC4)C4C(CC56C(CO)CCC7CCC(CO)CC7C(CC(O)C7OC7(C)C7CCCC7c7cccc(N)c7)C7=C(CCC35)C6(C)CC7=O)NCC(C)(O)CCCCC4(C)C2=O)c1. The number of nitrogen functional groups attached to an aromatic ring is 1. The van der Waals surface area contributed by atoms with Crippen molar-refractivity contribution in [2.24, 2.45) is 74.9 Å². The molecular formula is C68H99N3O8. The number of carbonyl (C=O) groups is 2. The van der Waals surface area contributed by atoms with Crippen molar-refractivity contribution >= 4 is 17.3 Å². The Morgan fingerprint density at radius 3 is 2.39 bits per heavy atom. The summed E-state index contributed by atoms with van der Waals surface area (Å²) in [5.74, 6) is 1.37. The highest BCUT2D eigenvalue weighted by Crippen LogP contribution is 2.80. The van der Waals surface area contributed by atoms with Crippen molar-refractivity contribution < 1.29 is 39.9 Å². The number of phenols is 1. The van der Waals surface area contributed by atoms with Gasteiger partial charge in [-0.3, -0.25) is 9.59 Å². The third kappa shape index (κ3) is 9.10. The molecule has 9 N–H and O–H groups in total. The highest BCUT2D eigenvalue weighted by Gasteiger charge is 2.77. The number of aliphatic hydroxyl groups is 4. The topological polar surface area (TPSA) is 198 Å². The van der Waals surface area contributed by atoms with E-state index in [-0.39, 0.29) is 89.7 Å². The number of allylic oxidation sites excluding steroid dienone is 2. The summed E-state index contributed by atoms with van der Waals surface area (Å²) < 4.78 is 6.83. The number of anilines is 1. The second-order valence-corrected chi connectivity index (χ2v) is 29.5. The lowest BCUT2D eigenvalue weighted by Gasteiger charge is -2.75. The van der Waals surface area contributed by atoms with Crippen LogP contribution in [0.1, 0.15) is 204 Å². The Hall–Kier alpha value is -3.16. The van der Waals surface area contributed by atoms with Gasteiger partial charge in [-0.1, -0.05) is 76.1 Å². The van der Waals surface area contributed by atoms with Crippen molar-refractivity contribution in [3.05, 3.63) is 70.3 Å². The largest absolute Gasteiger partial charge is 0.508 e. The Morgan fingerprint density at radius 2 is 1.63 bits per heavy atom. The Kier molecular flexibility index (Phi) is 15.1. The first-order valence-corrected chi connectivity index (χ1v) is 32.0. The molecule has 19 atom stereocenters. The van der Waals surface area contributed by atoms with Crippen molar-refractivity contribution in [1.82, 2.24) is 10.6 Å². The number of ketones is 2. The quantitative estimate of drug-likeness (QED) is 0.0787. The predicted octanol–water partition coefficient (Wildman–Crippen LogP) is 10.8. The number of hydrogen-bond acceptors (Lipinski definition) is 11. The second-order valence-electron chi connectivity index (χ2n) is 29.5. The van der Waals surface area contributed by atoms with E-state index in [1.54, 1.807) is 0 Å². The average Bonchev–Trinajstić information content (AvgIpc) is 2.04. The molecule has 19 unspecified atom stereocenters. The zero-order chi connectivity index (χ0) is 55.4. The minimum absolute atomic E-state index is 0.0203.